The molecule has 0 saturated carbocycles. The van der Waals surface area contributed by atoms with Crippen molar-refractivity contribution in [3.8, 4) is 12.3 Å². The monoisotopic (exact) mass is 382 g/mol. The number of nitrogens with zero attached hydrogens (tertiary/aromatic N) is 1. The summed E-state index contributed by atoms with van der Waals surface area (Å²) in [5.74, 6) is 2.59. The molecular weight excluding hydrogens is 360 g/mol. The molecule has 1 aliphatic heterocycles. The van der Waals surface area contributed by atoms with Crippen LogP contribution in [0.25, 0.3) is 0 Å². The number of terminal acetylenes is 1. The van der Waals surface area contributed by atoms with Gasteiger partial charge in [-0.1, -0.05) is 66.6 Å². The van der Waals surface area contributed by atoms with E-state index in [1.807, 2.05) is 60.7 Å². The second kappa shape index (κ2) is 8.28. The van der Waals surface area contributed by atoms with Gasteiger partial charge in [-0.05, 0) is 17.5 Å². The Morgan fingerprint density at radius 2 is 1.74 bits per heavy atom. The second-order valence-electron chi connectivity index (χ2n) is 6.55. The third-order valence-electron chi connectivity index (χ3n) is 4.65. The fourth-order valence-electron chi connectivity index (χ4n) is 3.29. The van der Waals surface area contributed by atoms with Crippen LogP contribution in [0.3, 0.4) is 0 Å². The molecule has 1 N–H and O–H groups in total. The predicted molar refractivity (Wildman–Crippen MR) is 106 cm³/mol. The van der Waals surface area contributed by atoms with Crippen molar-refractivity contribution in [2.75, 3.05) is 18.1 Å². The van der Waals surface area contributed by atoms with Gasteiger partial charge < -0.3 is 10.2 Å². The largest absolute Gasteiger partial charge is 0.320 e. The van der Waals surface area contributed by atoms with E-state index in [4.69, 9.17) is 6.42 Å². The first-order valence-electron chi connectivity index (χ1n) is 8.84. The summed E-state index contributed by atoms with van der Waals surface area (Å²) in [5, 5.41) is 2.86. The molecule has 1 fully saturated rings. The zero-order valence-electron chi connectivity index (χ0n) is 14.9. The number of nitrogens with one attached hydrogen (secondary N) is 1. The summed E-state index contributed by atoms with van der Waals surface area (Å²) in [7, 11) is -3.23. The van der Waals surface area contributed by atoms with Gasteiger partial charge in [-0.2, -0.15) is 0 Å². The summed E-state index contributed by atoms with van der Waals surface area (Å²) < 4.78 is 24.7. The Morgan fingerprint density at radius 1 is 1.11 bits per heavy atom. The Labute approximate surface area is 160 Å². The van der Waals surface area contributed by atoms with Crippen LogP contribution in [0, 0.1) is 12.3 Å². The van der Waals surface area contributed by atoms with Gasteiger partial charge in [-0.15, -0.1) is 6.42 Å². The van der Waals surface area contributed by atoms with E-state index >= 15 is 0 Å². The maximum atomic E-state index is 13.0. The van der Waals surface area contributed by atoms with Crippen molar-refractivity contribution in [3.05, 3.63) is 71.8 Å². The quantitative estimate of drug-likeness (QED) is 0.830. The average Bonchev–Trinajstić information content (AvgIpc) is 2.85. The summed E-state index contributed by atoms with van der Waals surface area (Å²) >= 11 is 0. The van der Waals surface area contributed by atoms with E-state index in [1.54, 1.807) is 4.90 Å². The SMILES string of the molecule is C#CC(NC(=O)N1CCCS(=O)(=O)CC1c1ccccc1)c1ccccc1. The number of benzene rings is 2. The Kier molecular flexibility index (Phi) is 5.82. The minimum atomic E-state index is -3.23. The number of carbonyl (C=O) groups excluding carboxylic acids is 1. The normalized spacial score (nSPS) is 20.1. The van der Waals surface area contributed by atoms with Gasteiger partial charge in [0.25, 0.3) is 0 Å². The Bertz CT molecular complexity index is 921. The van der Waals surface area contributed by atoms with Gasteiger partial charge in [0, 0.05) is 6.54 Å². The van der Waals surface area contributed by atoms with Gasteiger partial charge >= 0.3 is 6.03 Å². The molecule has 0 aliphatic carbocycles. The van der Waals surface area contributed by atoms with E-state index in [0.717, 1.165) is 11.1 Å². The van der Waals surface area contributed by atoms with Crippen LogP contribution in [0.5, 0.6) is 0 Å². The molecule has 0 radical (unpaired) electrons. The van der Waals surface area contributed by atoms with Crippen molar-refractivity contribution < 1.29 is 13.2 Å². The highest BCUT2D eigenvalue weighted by molar-refractivity contribution is 7.91. The van der Waals surface area contributed by atoms with Crippen molar-refractivity contribution in [3.63, 3.8) is 0 Å². The van der Waals surface area contributed by atoms with Crippen LogP contribution in [-0.4, -0.2) is 37.4 Å². The Hall–Kier alpha value is -2.78. The van der Waals surface area contributed by atoms with E-state index in [9.17, 15) is 13.2 Å². The minimum Gasteiger partial charge on any atom is -0.320 e. The van der Waals surface area contributed by atoms with Crippen LogP contribution in [0.1, 0.15) is 29.6 Å². The molecule has 5 nitrogen and oxygen atoms in total. The molecule has 2 amide bonds. The molecular formula is C21H22N2O3S. The smallest absolute Gasteiger partial charge is 0.319 e. The average molecular weight is 382 g/mol. The molecule has 3 rings (SSSR count). The van der Waals surface area contributed by atoms with Gasteiger partial charge in [0.1, 0.15) is 6.04 Å². The summed E-state index contributed by atoms with van der Waals surface area (Å²) in [5.41, 5.74) is 1.61. The van der Waals surface area contributed by atoms with Crippen molar-refractivity contribution in [1.29, 1.82) is 0 Å². The molecule has 140 valence electrons. The highest BCUT2D eigenvalue weighted by Gasteiger charge is 2.33. The lowest BCUT2D eigenvalue weighted by Gasteiger charge is -2.31. The molecule has 2 aromatic carbocycles. The van der Waals surface area contributed by atoms with Crippen LogP contribution in [0.2, 0.25) is 0 Å². The fourth-order valence-corrected chi connectivity index (χ4v) is 4.88. The van der Waals surface area contributed by atoms with Crippen LogP contribution in [0.4, 0.5) is 4.79 Å². The molecule has 2 unspecified atom stereocenters. The number of rotatable bonds is 3. The van der Waals surface area contributed by atoms with Crippen molar-refractivity contribution in [1.82, 2.24) is 10.2 Å². The van der Waals surface area contributed by atoms with Crippen LogP contribution >= 0.6 is 0 Å². The van der Waals surface area contributed by atoms with Crippen LogP contribution in [0.15, 0.2) is 60.7 Å². The zero-order valence-corrected chi connectivity index (χ0v) is 15.7. The van der Waals surface area contributed by atoms with E-state index in [1.165, 1.54) is 0 Å². The summed E-state index contributed by atoms with van der Waals surface area (Å²) in [6, 6.07) is 17.1. The molecule has 0 aromatic heterocycles. The molecule has 0 bridgehead atoms. The van der Waals surface area contributed by atoms with E-state index in [0.29, 0.717) is 13.0 Å². The number of hydrogen-bond acceptors (Lipinski definition) is 3. The van der Waals surface area contributed by atoms with Gasteiger partial charge in [0.05, 0.1) is 17.5 Å². The molecule has 27 heavy (non-hydrogen) atoms. The summed E-state index contributed by atoms with van der Waals surface area (Å²) in [6.45, 7) is 0.358. The fraction of sp³-hybridized carbons (Fsp3) is 0.286. The zero-order chi connectivity index (χ0) is 19.3. The third-order valence-corrected chi connectivity index (χ3v) is 6.39. The molecule has 1 saturated heterocycles. The maximum absolute atomic E-state index is 13.0. The number of sulfone groups is 1. The summed E-state index contributed by atoms with van der Waals surface area (Å²) in [4.78, 5) is 14.6. The standard InChI is InChI=1S/C21H22N2O3S/c1-2-19(17-10-5-3-6-11-17)22-21(24)23-14-9-15-27(25,26)16-20(23)18-12-7-4-8-13-18/h1,3-8,10-13,19-20H,9,14-16H2,(H,22,24). The first-order valence-corrected chi connectivity index (χ1v) is 10.7. The topological polar surface area (TPSA) is 66.5 Å². The third kappa shape index (κ3) is 4.69. The molecule has 1 heterocycles. The number of carbonyl (C=O) groups is 1. The first kappa shape index (κ1) is 19.0. The highest BCUT2D eigenvalue weighted by atomic mass is 32.2. The van der Waals surface area contributed by atoms with Gasteiger partial charge in [-0.3, -0.25) is 0 Å². The molecule has 0 spiro atoms. The van der Waals surface area contributed by atoms with E-state index in [2.05, 4.69) is 11.2 Å². The van der Waals surface area contributed by atoms with Gasteiger partial charge in [0.2, 0.25) is 0 Å². The lowest BCUT2D eigenvalue weighted by Crippen LogP contribution is -2.44. The molecule has 1 aliphatic rings. The van der Waals surface area contributed by atoms with Crippen LogP contribution in [-0.2, 0) is 9.84 Å². The van der Waals surface area contributed by atoms with Crippen molar-refractivity contribution >= 4 is 15.9 Å². The molecule has 6 heteroatoms. The number of urea groups is 1. The maximum Gasteiger partial charge on any atom is 0.319 e. The lowest BCUT2D eigenvalue weighted by molar-refractivity contribution is 0.180. The van der Waals surface area contributed by atoms with Crippen molar-refractivity contribution in [2.45, 2.75) is 18.5 Å². The lowest BCUT2D eigenvalue weighted by atomic mass is 10.1. The second-order valence-corrected chi connectivity index (χ2v) is 8.78. The number of amides is 2. The predicted octanol–water partition coefficient (Wildman–Crippen LogP) is 2.93. The Morgan fingerprint density at radius 3 is 2.37 bits per heavy atom. The van der Waals surface area contributed by atoms with Gasteiger partial charge in [0.15, 0.2) is 9.84 Å². The summed E-state index contributed by atoms with van der Waals surface area (Å²) in [6.07, 6.45) is 6.03. The molecule has 2 atom stereocenters. The van der Waals surface area contributed by atoms with Gasteiger partial charge in [-0.25, -0.2) is 13.2 Å². The van der Waals surface area contributed by atoms with E-state index in [-0.39, 0.29) is 17.5 Å². The Balaban J connectivity index is 1.87. The minimum absolute atomic E-state index is 0.0807. The van der Waals surface area contributed by atoms with E-state index < -0.39 is 21.9 Å². The van der Waals surface area contributed by atoms with Crippen LogP contribution < -0.4 is 5.32 Å². The highest BCUT2D eigenvalue weighted by Crippen LogP contribution is 2.27. The first-order chi connectivity index (χ1) is 13.0. The van der Waals surface area contributed by atoms with Crippen molar-refractivity contribution in [2.24, 2.45) is 0 Å². The number of hydrogen-bond donors (Lipinski definition) is 1. The molecule has 2 aromatic rings.